The molecule has 2 heterocycles. The molecule has 1 N–H and O–H groups in total. The minimum Gasteiger partial charge on any atom is -0.491 e. The molecule has 0 saturated carbocycles. The molecule has 0 spiro atoms. The normalized spacial score (nSPS) is 15.3. The predicted molar refractivity (Wildman–Crippen MR) is 107 cm³/mol. The number of H-pyrrole nitrogens is 1. The van der Waals surface area contributed by atoms with Crippen molar-refractivity contribution in [1.82, 2.24) is 9.29 Å². The van der Waals surface area contributed by atoms with E-state index in [9.17, 15) is 8.42 Å². The van der Waals surface area contributed by atoms with Crippen LogP contribution in [0.3, 0.4) is 0 Å². The highest BCUT2D eigenvalue weighted by Gasteiger charge is 2.30. The van der Waals surface area contributed by atoms with Crippen molar-refractivity contribution in [3.63, 3.8) is 0 Å². The van der Waals surface area contributed by atoms with Crippen LogP contribution in [0.1, 0.15) is 30.7 Å². The summed E-state index contributed by atoms with van der Waals surface area (Å²) in [5.74, 6) is 0.678. The third-order valence-electron chi connectivity index (χ3n) is 4.93. The van der Waals surface area contributed by atoms with Crippen LogP contribution in [0.25, 0.3) is 10.9 Å². The number of fused-ring (bicyclic) bond motifs is 3. The quantitative estimate of drug-likeness (QED) is 0.739. The van der Waals surface area contributed by atoms with Crippen molar-refractivity contribution >= 4 is 20.9 Å². The number of aromatic amines is 1. The summed E-state index contributed by atoms with van der Waals surface area (Å²) in [6.07, 6.45) is 0.745. The van der Waals surface area contributed by atoms with E-state index in [4.69, 9.17) is 4.74 Å². The van der Waals surface area contributed by atoms with Gasteiger partial charge in [-0.25, -0.2) is 8.42 Å². The first-order valence-corrected chi connectivity index (χ1v) is 10.7. The largest absolute Gasteiger partial charge is 0.491 e. The Kier molecular flexibility index (Phi) is 4.48. The lowest BCUT2D eigenvalue weighted by Gasteiger charge is -2.26. The van der Waals surface area contributed by atoms with E-state index >= 15 is 0 Å². The Bertz CT molecular complexity index is 1080. The molecule has 5 nitrogen and oxygen atoms in total. The van der Waals surface area contributed by atoms with Gasteiger partial charge in [0.25, 0.3) is 0 Å². The van der Waals surface area contributed by atoms with Gasteiger partial charge in [0.1, 0.15) is 5.75 Å². The van der Waals surface area contributed by atoms with Crippen LogP contribution in [-0.2, 0) is 23.0 Å². The molecular weight excluding hydrogens is 360 g/mol. The van der Waals surface area contributed by atoms with Crippen molar-refractivity contribution in [3.8, 4) is 5.75 Å². The van der Waals surface area contributed by atoms with Crippen molar-refractivity contribution in [3.05, 3.63) is 59.3 Å². The lowest BCUT2D eigenvalue weighted by molar-refractivity contribution is 0.242. The number of rotatable bonds is 4. The van der Waals surface area contributed by atoms with Gasteiger partial charge in [0.2, 0.25) is 10.0 Å². The summed E-state index contributed by atoms with van der Waals surface area (Å²) in [6.45, 7) is 6.81. The molecule has 2 aromatic carbocycles. The van der Waals surface area contributed by atoms with Gasteiger partial charge in [-0.2, -0.15) is 4.31 Å². The minimum absolute atomic E-state index is 0.0540. The number of ether oxygens (including phenoxy) is 1. The van der Waals surface area contributed by atoms with Crippen molar-refractivity contribution in [2.75, 3.05) is 6.54 Å². The SMILES string of the molecule is Cc1ccc2[nH]c3c(c2c1)CN(S(=O)(=O)c1ccc(OC(C)C)cc1)CC3. The standard InChI is InChI=1S/C21H24N2O3S/c1-14(2)26-16-5-7-17(8-6-16)27(24,25)23-11-10-21-19(13-23)18-12-15(3)4-9-20(18)22-21/h4-9,12,14,22H,10-11,13H2,1-3H3. The Morgan fingerprint density at radius 3 is 2.56 bits per heavy atom. The summed E-state index contributed by atoms with van der Waals surface area (Å²) in [5, 5.41) is 1.12. The molecule has 0 aliphatic carbocycles. The number of sulfonamides is 1. The second-order valence-corrected chi connectivity index (χ2v) is 9.30. The third kappa shape index (κ3) is 3.35. The first-order chi connectivity index (χ1) is 12.8. The average Bonchev–Trinajstić information content (AvgIpc) is 2.99. The zero-order valence-corrected chi connectivity index (χ0v) is 16.6. The molecule has 1 aromatic heterocycles. The fourth-order valence-corrected chi connectivity index (χ4v) is 5.03. The monoisotopic (exact) mass is 384 g/mol. The zero-order valence-electron chi connectivity index (χ0n) is 15.8. The second-order valence-electron chi connectivity index (χ2n) is 7.36. The highest BCUT2D eigenvalue weighted by atomic mass is 32.2. The summed E-state index contributed by atoms with van der Waals surface area (Å²) in [6, 6.07) is 13.0. The summed E-state index contributed by atoms with van der Waals surface area (Å²) in [7, 11) is -3.54. The maximum atomic E-state index is 13.1. The smallest absolute Gasteiger partial charge is 0.243 e. The molecule has 142 valence electrons. The highest BCUT2D eigenvalue weighted by Crippen LogP contribution is 2.31. The summed E-state index contributed by atoms with van der Waals surface area (Å²) < 4.78 is 33.4. The molecule has 0 fully saturated rings. The fourth-order valence-electron chi connectivity index (χ4n) is 3.62. The van der Waals surface area contributed by atoms with Crippen LogP contribution in [0.5, 0.6) is 5.75 Å². The van der Waals surface area contributed by atoms with Gasteiger partial charge in [-0.3, -0.25) is 0 Å². The number of nitrogens with zero attached hydrogens (tertiary/aromatic N) is 1. The first-order valence-electron chi connectivity index (χ1n) is 9.21. The molecule has 0 unspecified atom stereocenters. The number of aromatic nitrogens is 1. The average molecular weight is 385 g/mol. The maximum absolute atomic E-state index is 13.1. The van der Waals surface area contributed by atoms with Gasteiger partial charge in [-0.1, -0.05) is 11.6 Å². The van der Waals surface area contributed by atoms with E-state index in [0.717, 1.165) is 22.2 Å². The van der Waals surface area contributed by atoms with Gasteiger partial charge in [0.05, 0.1) is 11.0 Å². The molecule has 0 radical (unpaired) electrons. The maximum Gasteiger partial charge on any atom is 0.243 e. The van der Waals surface area contributed by atoms with Gasteiger partial charge in [0.15, 0.2) is 0 Å². The van der Waals surface area contributed by atoms with Crippen LogP contribution in [0.4, 0.5) is 0 Å². The summed E-state index contributed by atoms with van der Waals surface area (Å²) >= 11 is 0. The van der Waals surface area contributed by atoms with Crippen LogP contribution >= 0.6 is 0 Å². The van der Waals surface area contributed by atoms with Crippen LogP contribution in [-0.4, -0.2) is 30.4 Å². The Hall–Kier alpha value is -2.31. The van der Waals surface area contributed by atoms with Crippen LogP contribution in [0.15, 0.2) is 47.4 Å². The third-order valence-corrected chi connectivity index (χ3v) is 6.79. The van der Waals surface area contributed by atoms with Crippen LogP contribution in [0, 0.1) is 6.92 Å². The second kappa shape index (κ2) is 6.69. The summed E-state index contributed by atoms with van der Waals surface area (Å²) in [5.41, 5.74) is 4.47. The van der Waals surface area contributed by atoms with E-state index < -0.39 is 10.0 Å². The zero-order chi connectivity index (χ0) is 19.2. The van der Waals surface area contributed by atoms with Crippen LogP contribution in [0.2, 0.25) is 0 Å². The number of aryl methyl sites for hydroxylation is 1. The van der Waals surface area contributed by atoms with Crippen molar-refractivity contribution < 1.29 is 13.2 Å². The molecule has 4 rings (SSSR count). The molecule has 0 amide bonds. The Balaban J connectivity index is 1.64. The minimum atomic E-state index is -3.54. The lowest BCUT2D eigenvalue weighted by Crippen LogP contribution is -2.35. The molecule has 3 aromatic rings. The summed E-state index contributed by atoms with van der Waals surface area (Å²) in [4.78, 5) is 3.75. The fraction of sp³-hybridized carbons (Fsp3) is 0.333. The van der Waals surface area contributed by atoms with E-state index in [1.807, 2.05) is 13.8 Å². The van der Waals surface area contributed by atoms with E-state index in [0.29, 0.717) is 30.2 Å². The highest BCUT2D eigenvalue weighted by molar-refractivity contribution is 7.89. The van der Waals surface area contributed by atoms with Gasteiger partial charge < -0.3 is 9.72 Å². The van der Waals surface area contributed by atoms with Crippen LogP contribution < -0.4 is 4.74 Å². The molecule has 0 atom stereocenters. The molecule has 1 aliphatic rings. The van der Waals surface area contributed by atoms with Gasteiger partial charge in [-0.15, -0.1) is 0 Å². The molecule has 6 heteroatoms. The van der Waals surface area contributed by atoms with E-state index in [1.54, 1.807) is 28.6 Å². The first kappa shape index (κ1) is 18.1. The van der Waals surface area contributed by atoms with Gasteiger partial charge in [-0.05, 0) is 62.7 Å². The topological polar surface area (TPSA) is 62.4 Å². The molecule has 0 bridgehead atoms. The number of hydrogen-bond acceptors (Lipinski definition) is 3. The van der Waals surface area contributed by atoms with Gasteiger partial charge >= 0.3 is 0 Å². The van der Waals surface area contributed by atoms with Crippen molar-refractivity contribution in [2.24, 2.45) is 0 Å². The molecule has 1 aliphatic heterocycles. The Morgan fingerprint density at radius 2 is 1.85 bits per heavy atom. The molecular formula is C21H24N2O3S. The van der Waals surface area contributed by atoms with Crippen molar-refractivity contribution in [1.29, 1.82) is 0 Å². The van der Waals surface area contributed by atoms with E-state index in [1.165, 1.54) is 5.56 Å². The number of benzene rings is 2. The van der Waals surface area contributed by atoms with Crippen molar-refractivity contribution in [2.45, 2.75) is 44.7 Å². The lowest BCUT2D eigenvalue weighted by atomic mass is 10.0. The van der Waals surface area contributed by atoms with E-state index in [2.05, 4.69) is 30.1 Å². The molecule has 0 saturated heterocycles. The van der Waals surface area contributed by atoms with E-state index in [-0.39, 0.29) is 6.10 Å². The van der Waals surface area contributed by atoms with Gasteiger partial charge in [0, 0.05) is 36.1 Å². The Morgan fingerprint density at radius 1 is 1.11 bits per heavy atom. The predicted octanol–water partition coefficient (Wildman–Crippen LogP) is 4.01. The number of nitrogens with one attached hydrogen (secondary N) is 1. The number of hydrogen-bond donors (Lipinski definition) is 1. The molecule has 27 heavy (non-hydrogen) atoms. The Labute approximate surface area is 160 Å².